The Balaban J connectivity index is 1.97. The Morgan fingerprint density at radius 2 is 1.76 bits per heavy atom. The van der Waals surface area contributed by atoms with Crippen LogP contribution in [0.4, 0.5) is 0 Å². The van der Waals surface area contributed by atoms with Gasteiger partial charge in [-0.05, 0) is 36.8 Å². The lowest BCUT2D eigenvalue weighted by Gasteiger charge is -2.19. The molecule has 0 saturated heterocycles. The second kappa shape index (κ2) is 7.50. The van der Waals surface area contributed by atoms with Crippen molar-refractivity contribution in [2.45, 2.75) is 18.9 Å². The van der Waals surface area contributed by atoms with E-state index in [1.54, 1.807) is 43.3 Å². The Morgan fingerprint density at radius 1 is 1.07 bits per heavy atom. The number of rotatable bonds is 5. The highest BCUT2D eigenvalue weighted by Crippen LogP contribution is 2.45. The molecule has 4 rings (SSSR count). The van der Waals surface area contributed by atoms with Crippen molar-refractivity contribution in [2.75, 3.05) is 20.8 Å². The maximum absolute atomic E-state index is 12.9. The second-order valence-electron chi connectivity index (χ2n) is 6.54. The van der Waals surface area contributed by atoms with E-state index in [1.807, 2.05) is 6.07 Å². The SMILES string of the molecule is CCOC(=O)[C@H]1Oc2c(c(=O)oc3ccccc23)[C@H]1c1cc(OC)cc(OC)c1. The molecular weight excluding hydrogens is 376 g/mol. The number of hydrogen-bond donors (Lipinski definition) is 0. The van der Waals surface area contributed by atoms with Crippen LogP contribution >= 0.6 is 0 Å². The predicted molar refractivity (Wildman–Crippen MR) is 105 cm³/mol. The Morgan fingerprint density at radius 3 is 2.41 bits per heavy atom. The van der Waals surface area contributed by atoms with Gasteiger partial charge in [0.15, 0.2) is 0 Å². The van der Waals surface area contributed by atoms with Gasteiger partial charge in [0.25, 0.3) is 0 Å². The van der Waals surface area contributed by atoms with E-state index in [4.69, 9.17) is 23.4 Å². The fraction of sp³-hybridized carbons (Fsp3) is 0.273. The second-order valence-corrected chi connectivity index (χ2v) is 6.54. The average molecular weight is 396 g/mol. The largest absolute Gasteiger partial charge is 0.497 e. The number of carbonyl (C=O) groups is 1. The summed E-state index contributed by atoms with van der Waals surface area (Å²) in [4.78, 5) is 25.6. The van der Waals surface area contributed by atoms with Crippen LogP contribution in [-0.4, -0.2) is 32.9 Å². The first kappa shape index (κ1) is 18.9. The topological polar surface area (TPSA) is 84.2 Å². The molecule has 0 spiro atoms. The quantitative estimate of drug-likeness (QED) is 0.483. The Hall–Kier alpha value is -3.48. The minimum atomic E-state index is -1.03. The summed E-state index contributed by atoms with van der Waals surface area (Å²) >= 11 is 0. The van der Waals surface area contributed by atoms with Crippen LogP contribution in [0.5, 0.6) is 17.2 Å². The molecule has 0 N–H and O–H groups in total. The molecule has 0 fully saturated rings. The van der Waals surface area contributed by atoms with Gasteiger partial charge in [-0.1, -0.05) is 12.1 Å². The van der Waals surface area contributed by atoms with E-state index >= 15 is 0 Å². The third kappa shape index (κ3) is 3.18. The number of methoxy groups -OCH3 is 2. The van der Waals surface area contributed by atoms with E-state index < -0.39 is 23.6 Å². The number of hydrogen-bond acceptors (Lipinski definition) is 7. The molecular formula is C22H20O7. The Kier molecular flexibility index (Phi) is 4.88. The molecule has 0 unspecified atom stereocenters. The van der Waals surface area contributed by atoms with Crippen molar-refractivity contribution in [3.05, 3.63) is 64.0 Å². The summed E-state index contributed by atoms with van der Waals surface area (Å²) in [6, 6.07) is 12.2. The average Bonchev–Trinajstić information content (AvgIpc) is 3.15. The van der Waals surface area contributed by atoms with Gasteiger partial charge in [-0.2, -0.15) is 0 Å². The molecule has 7 nitrogen and oxygen atoms in total. The van der Waals surface area contributed by atoms with E-state index in [9.17, 15) is 9.59 Å². The summed E-state index contributed by atoms with van der Waals surface area (Å²) in [5.41, 5.74) is 0.734. The van der Waals surface area contributed by atoms with Gasteiger partial charge >= 0.3 is 11.6 Å². The Labute approximate surface area is 166 Å². The van der Waals surface area contributed by atoms with Crippen molar-refractivity contribution in [2.24, 2.45) is 0 Å². The van der Waals surface area contributed by atoms with E-state index in [0.717, 1.165) is 0 Å². The standard InChI is InChI=1S/C22H20O7/c1-4-27-22(24)20-17(12-9-13(25-2)11-14(10-12)26-3)18-19(29-20)15-7-5-6-8-16(15)28-21(18)23/h5-11,17,20H,4H2,1-3H3/t17-,20+/m1/s1. The van der Waals surface area contributed by atoms with Gasteiger partial charge in [0.05, 0.1) is 37.7 Å². The van der Waals surface area contributed by atoms with Crippen LogP contribution in [0.2, 0.25) is 0 Å². The fourth-order valence-electron chi connectivity index (χ4n) is 3.64. The van der Waals surface area contributed by atoms with Crippen molar-refractivity contribution in [1.29, 1.82) is 0 Å². The zero-order chi connectivity index (χ0) is 20.5. The fourth-order valence-corrected chi connectivity index (χ4v) is 3.64. The molecule has 0 amide bonds. The third-order valence-corrected chi connectivity index (χ3v) is 4.91. The van der Waals surface area contributed by atoms with E-state index in [0.29, 0.717) is 33.8 Å². The minimum Gasteiger partial charge on any atom is -0.497 e. The highest BCUT2D eigenvalue weighted by atomic mass is 16.6. The van der Waals surface area contributed by atoms with Crippen LogP contribution in [0.15, 0.2) is 51.7 Å². The molecule has 3 aromatic rings. The minimum absolute atomic E-state index is 0.193. The summed E-state index contributed by atoms with van der Waals surface area (Å²) in [5, 5.41) is 0.619. The lowest BCUT2D eigenvalue weighted by atomic mass is 9.88. The van der Waals surface area contributed by atoms with Crippen LogP contribution in [0, 0.1) is 0 Å². The third-order valence-electron chi connectivity index (χ3n) is 4.91. The van der Waals surface area contributed by atoms with Gasteiger partial charge in [-0.15, -0.1) is 0 Å². The molecule has 0 radical (unpaired) electrons. The van der Waals surface area contributed by atoms with Gasteiger partial charge in [-0.3, -0.25) is 0 Å². The van der Waals surface area contributed by atoms with Gasteiger partial charge in [0.2, 0.25) is 6.10 Å². The molecule has 2 atom stereocenters. The first-order valence-corrected chi connectivity index (χ1v) is 9.19. The number of fused-ring (bicyclic) bond motifs is 3. The number of esters is 1. The van der Waals surface area contributed by atoms with Crippen molar-refractivity contribution >= 4 is 16.9 Å². The molecule has 1 aromatic heterocycles. The monoisotopic (exact) mass is 396 g/mol. The number of benzene rings is 2. The summed E-state index contributed by atoms with van der Waals surface area (Å²) < 4.78 is 27.4. The highest BCUT2D eigenvalue weighted by molar-refractivity contribution is 5.88. The summed E-state index contributed by atoms with van der Waals surface area (Å²) in [6.07, 6.45) is -1.03. The zero-order valence-electron chi connectivity index (χ0n) is 16.3. The molecule has 0 bridgehead atoms. The summed E-state index contributed by atoms with van der Waals surface area (Å²) in [6.45, 7) is 1.91. The normalized spacial score (nSPS) is 17.5. The van der Waals surface area contributed by atoms with Crippen LogP contribution in [0.3, 0.4) is 0 Å². The lowest BCUT2D eigenvalue weighted by molar-refractivity contribution is -0.151. The molecule has 1 aliphatic rings. The van der Waals surface area contributed by atoms with Gasteiger partial charge < -0.3 is 23.4 Å². The van der Waals surface area contributed by atoms with Crippen molar-refractivity contribution in [3.8, 4) is 17.2 Å². The van der Waals surface area contributed by atoms with Crippen molar-refractivity contribution < 1.29 is 28.2 Å². The van der Waals surface area contributed by atoms with Crippen molar-refractivity contribution in [3.63, 3.8) is 0 Å². The molecule has 2 heterocycles. The van der Waals surface area contributed by atoms with Crippen LogP contribution in [0.25, 0.3) is 11.0 Å². The van der Waals surface area contributed by atoms with Crippen LogP contribution < -0.4 is 19.8 Å². The predicted octanol–water partition coefficient (Wildman–Crippen LogP) is 3.27. The number of ether oxygens (including phenoxy) is 4. The Bertz CT molecular complexity index is 1110. The molecule has 29 heavy (non-hydrogen) atoms. The lowest BCUT2D eigenvalue weighted by Crippen LogP contribution is -2.32. The maximum atomic E-state index is 12.9. The van der Waals surface area contributed by atoms with E-state index in [-0.39, 0.29) is 12.2 Å². The molecule has 1 aliphatic heterocycles. The number of carbonyl (C=O) groups excluding carboxylic acids is 1. The van der Waals surface area contributed by atoms with E-state index in [1.165, 1.54) is 14.2 Å². The zero-order valence-corrected chi connectivity index (χ0v) is 16.3. The molecule has 0 aliphatic carbocycles. The molecule has 2 aromatic carbocycles. The van der Waals surface area contributed by atoms with Crippen LogP contribution in [-0.2, 0) is 9.53 Å². The first-order chi connectivity index (χ1) is 14.1. The highest BCUT2D eigenvalue weighted by Gasteiger charge is 2.45. The van der Waals surface area contributed by atoms with Crippen molar-refractivity contribution in [1.82, 2.24) is 0 Å². The summed E-state index contributed by atoms with van der Waals surface area (Å²) in [7, 11) is 3.06. The van der Waals surface area contributed by atoms with Gasteiger partial charge in [0, 0.05) is 6.07 Å². The molecule has 150 valence electrons. The first-order valence-electron chi connectivity index (χ1n) is 9.19. The molecule has 7 heteroatoms. The number of para-hydroxylation sites is 1. The molecule has 0 saturated carbocycles. The maximum Gasteiger partial charge on any atom is 0.348 e. The van der Waals surface area contributed by atoms with Gasteiger partial charge in [0.1, 0.15) is 22.8 Å². The van der Waals surface area contributed by atoms with Gasteiger partial charge in [-0.25, -0.2) is 9.59 Å². The summed E-state index contributed by atoms with van der Waals surface area (Å²) in [5.74, 6) is 0.107. The van der Waals surface area contributed by atoms with Crippen LogP contribution in [0.1, 0.15) is 24.0 Å². The smallest absolute Gasteiger partial charge is 0.348 e. The van der Waals surface area contributed by atoms with E-state index in [2.05, 4.69) is 0 Å².